The first kappa shape index (κ1) is 4.57. The van der Waals surface area contributed by atoms with Gasteiger partial charge in [0.25, 0.3) is 0 Å². The minimum Gasteiger partial charge on any atom is -0.290 e. The molecule has 0 spiro atoms. The summed E-state index contributed by atoms with van der Waals surface area (Å²) < 4.78 is 0. The van der Waals surface area contributed by atoms with E-state index in [1.807, 2.05) is 6.08 Å². The highest BCUT2D eigenvalue weighted by atomic mass is 14.7. The van der Waals surface area contributed by atoms with Gasteiger partial charge in [0, 0.05) is 6.21 Å². The Morgan fingerprint density at radius 1 is 1.71 bits per heavy atom. The molecule has 0 amide bonds. The van der Waals surface area contributed by atoms with E-state index in [9.17, 15) is 0 Å². The van der Waals surface area contributed by atoms with Crippen LogP contribution in [0, 0.1) is 6.92 Å². The van der Waals surface area contributed by atoms with Gasteiger partial charge in [0.05, 0.1) is 6.04 Å². The van der Waals surface area contributed by atoms with Crippen LogP contribution in [0.1, 0.15) is 6.42 Å². The van der Waals surface area contributed by atoms with Gasteiger partial charge in [0.2, 0.25) is 0 Å². The Balaban J connectivity index is 2.49. The largest absolute Gasteiger partial charge is 0.290 e. The van der Waals surface area contributed by atoms with Crippen molar-refractivity contribution in [3.05, 3.63) is 19.1 Å². The van der Waals surface area contributed by atoms with E-state index < -0.39 is 0 Å². The van der Waals surface area contributed by atoms with Crippen molar-refractivity contribution in [1.29, 1.82) is 0 Å². The molecule has 7 heavy (non-hydrogen) atoms. The van der Waals surface area contributed by atoms with Crippen molar-refractivity contribution in [1.82, 2.24) is 0 Å². The van der Waals surface area contributed by atoms with Crippen LogP contribution in [-0.4, -0.2) is 12.3 Å². The first-order valence-corrected chi connectivity index (χ1v) is 2.41. The van der Waals surface area contributed by atoms with Gasteiger partial charge in [-0.05, 0) is 19.4 Å². The number of hydrogen-bond acceptors (Lipinski definition) is 1. The average Bonchev–Trinajstić information content (AvgIpc) is 1.69. The number of dihydropyridines is 1. The second-order valence-electron chi connectivity index (χ2n) is 1.62. The highest BCUT2D eigenvalue weighted by Crippen LogP contribution is 1.99. The third-order valence-electron chi connectivity index (χ3n) is 0.927. The van der Waals surface area contributed by atoms with E-state index in [0.717, 1.165) is 6.42 Å². The normalized spacial score (nSPS) is 28.4. The van der Waals surface area contributed by atoms with Crippen molar-refractivity contribution >= 4 is 6.21 Å². The van der Waals surface area contributed by atoms with E-state index in [-0.39, 0.29) is 6.04 Å². The molecule has 0 fully saturated rings. The summed E-state index contributed by atoms with van der Waals surface area (Å²) in [5, 5.41) is 0. The van der Waals surface area contributed by atoms with Crippen molar-refractivity contribution in [2.24, 2.45) is 4.99 Å². The van der Waals surface area contributed by atoms with Gasteiger partial charge in [0.1, 0.15) is 0 Å². The molecule has 0 aromatic carbocycles. The first-order valence-electron chi connectivity index (χ1n) is 2.41. The maximum Gasteiger partial charge on any atom is 0.0534 e. The number of rotatable bonds is 0. The van der Waals surface area contributed by atoms with Crippen LogP contribution < -0.4 is 0 Å². The molecule has 0 aliphatic carbocycles. The van der Waals surface area contributed by atoms with Gasteiger partial charge in [-0.2, -0.15) is 0 Å². The molecular formula is C6H8N. The van der Waals surface area contributed by atoms with Gasteiger partial charge >= 0.3 is 0 Å². The quantitative estimate of drug-likeness (QED) is 0.428. The summed E-state index contributed by atoms with van der Waals surface area (Å²) >= 11 is 0. The maximum absolute atomic E-state index is 4.01. The predicted octanol–water partition coefficient (Wildman–Crippen LogP) is 1.22. The number of aliphatic imine (C=N–C) groups is 1. The fourth-order valence-electron chi connectivity index (χ4n) is 0.529. The SMILES string of the molecule is [CH2]C1CC=CC=N1. The summed E-state index contributed by atoms with van der Waals surface area (Å²) in [6.45, 7) is 3.75. The minimum atomic E-state index is 0.269. The molecule has 1 heterocycles. The molecule has 0 aromatic rings. The lowest BCUT2D eigenvalue weighted by Gasteiger charge is -2.02. The zero-order chi connectivity index (χ0) is 5.11. The highest BCUT2D eigenvalue weighted by molar-refractivity contribution is 5.72. The Bertz CT molecular complexity index is 103. The van der Waals surface area contributed by atoms with E-state index in [0.29, 0.717) is 0 Å². The van der Waals surface area contributed by atoms with Gasteiger partial charge in [0.15, 0.2) is 0 Å². The van der Waals surface area contributed by atoms with Crippen LogP contribution in [0.15, 0.2) is 17.1 Å². The number of nitrogens with zero attached hydrogens (tertiary/aromatic N) is 1. The maximum atomic E-state index is 4.01. The lowest BCUT2D eigenvalue weighted by atomic mass is 10.2. The second-order valence-corrected chi connectivity index (χ2v) is 1.62. The molecular weight excluding hydrogens is 86.1 g/mol. The molecule has 1 aliphatic heterocycles. The third kappa shape index (κ3) is 1.15. The fourth-order valence-corrected chi connectivity index (χ4v) is 0.529. The Kier molecular flexibility index (Phi) is 1.25. The predicted molar refractivity (Wildman–Crippen MR) is 31.4 cm³/mol. The summed E-state index contributed by atoms with van der Waals surface area (Å²) in [6, 6.07) is 0.269. The fraction of sp³-hybridized carbons (Fsp3) is 0.333. The van der Waals surface area contributed by atoms with Gasteiger partial charge in [-0.25, -0.2) is 0 Å². The van der Waals surface area contributed by atoms with Crippen LogP contribution in [-0.2, 0) is 0 Å². The molecule has 0 saturated carbocycles. The van der Waals surface area contributed by atoms with Crippen molar-refractivity contribution in [3.8, 4) is 0 Å². The lowest BCUT2D eigenvalue weighted by molar-refractivity contribution is 0.829. The van der Waals surface area contributed by atoms with Crippen molar-refractivity contribution < 1.29 is 0 Å². The molecule has 0 aromatic heterocycles. The highest BCUT2D eigenvalue weighted by Gasteiger charge is 1.94. The Morgan fingerprint density at radius 3 is 2.86 bits per heavy atom. The first-order chi connectivity index (χ1) is 3.39. The molecule has 37 valence electrons. The lowest BCUT2D eigenvalue weighted by Crippen LogP contribution is -1.98. The van der Waals surface area contributed by atoms with E-state index in [1.165, 1.54) is 0 Å². The molecule has 1 rings (SSSR count). The van der Waals surface area contributed by atoms with Gasteiger partial charge in [-0.15, -0.1) is 0 Å². The second kappa shape index (κ2) is 1.92. The Labute approximate surface area is 43.8 Å². The van der Waals surface area contributed by atoms with Gasteiger partial charge < -0.3 is 0 Å². The molecule has 1 nitrogen and oxygen atoms in total. The Hall–Kier alpha value is -0.590. The summed E-state index contributed by atoms with van der Waals surface area (Å²) in [6.07, 6.45) is 6.81. The van der Waals surface area contributed by atoms with Crippen LogP contribution in [0.25, 0.3) is 0 Å². The van der Waals surface area contributed by atoms with E-state index >= 15 is 0 Å². The monoisotopic (exact) mass is 94.1 g/mol. The summed E-state index contributed by atoms with van der Waals surface area (Å²) in [7, 11) is 0. The molecule has 1 atom stereocenters. The molecule has 0 N–H and O–H groups in total. The summed E-state index contributed by atoms with van der Waals surface area (Å²) in [5.74, 6) is 0. The van der Waals surface area contributed by atoms with Crippen molar-refractivity contribution in [2.45, 2.75) is 12.5 Å². The summed E-state index contributed by atoms with van der Waals surface area (Å²) in [4.78, 5) is 4.01. The molecule has 0 bridgehead atoms. The average molecular weight is 94.1 g/mol. The Morgan fingerprint density at radius 2 is 2.57 bits per heavy atom. The van der Waals surface area contributed by atoms with E-state index in [4.69, 9.17) is 0 Å². The van der Waals surface area contributed by atoms with Gasteiger partial charge in [-0.1, -0.05) is 6.08 Å². The molecule has 1 unspecified atom stereocenters. The topological polar surface area (TPSA) is 12.4 Å². The van der Waals surface area contributed by atoms with Crippen LogP contribution in [0.3, 0.4) is 0 Å². The third-order valence-corrected chi connectivity index (χ3v) is 0.927. The molecule has 1 heteroatoms. The number of hydrogen-bond donors (Lipinski definition) is 0. The van der Waals surface area contributed by atoms with Crippen LogP contribution >= 0.6 is 0 Å². The standard InChI is InChI=1S/C6H8N/c1-6-4-2-3-5-7-6/h2-3,5-6H,1,4H2. The van der Waals surface area contributed by atoms with E-state index in [1.54, 1.807) is 6.21 Å². The minimum absolute atomic E-state index is 0.269. The van der Waals surface area contributed by atoms with Crippen LogP contribution in [0.2, 0.25) is 0 Å². The van der Waals surface area contributed by atoms with Gasteiger partial charge in [-0.3, -0.25) is 4.99 Å². The van der Waals surface area contributed by atoms with E-state index in [2.05, 4.69) is 18.0 Å². The molecule has 0 saturated heterocycles. The summed E-state index contributed by atoms with van der Waals surface area (Å²) in [5.41, 5.74) is 0. The van der Waals surface area contributed by atoms with Crippen molar-refractivity contribution in [2.75, 3.05) is 0 Å². The zero-order valence-corrected chi connectivity index (χ0v) is 4.17. The number of allylic oxidation sites excluding steroid dienone is 1. The van der Waals surface area contributed by atoms with Crippen LogP contribution in [0.4, 0.5) is 0 Å². The zero-order valence-electron chi connectivity index (χ0n) is 4.17. The smallest absolute Gasteiger partial charge is 0.0534 e. The van der Waals surface area contributed by atoms with Crippen LogP contribution in [0.5, 0.6) is 0 Å². The van der Waals surface area contributed by atoms with Crippen molar-refractivity contribution in [3.63, 3.8) is 0 Å². The molecule has 1 aliphatic rings. The molecule has 1 radical (unpaired) electrons.